The maximum absolute atomic E-state index is 11.7. The molecule has 0 saturated carbocycles. The van der Waals surface area contributed by atoms with Gasteiger partial charge in [0.05, 0.1) is 0 Å². The summed E-state index contributed by atoms with van der Waals surface area (Å²) in [6, 6.07) is 8.68. The van der Waals surface area contributed by atoms with Crippen LogP contribution in [0.5, 0.6) is 0 Å². The molecule has 0 saturated heterocycles. The second-order valence-corrected chi connectivity index (χ2v) is 2.72. The van der Waals surface area contributed by atoms with Crippen LogP contribution in [0.25, 0.3) is 6.08 Å². The van der Waals surface area contributed by atoms with Crippen LogP contribution in [0.4, 0.5) is 13.2 Å². The number of hydrogen-bond acceptors (Lipinski definition) is 1. The van der Waals surface area contributed by atoms with Gasteiger partial charge in [-0.05, 0) is 11.6 Å². The molecule has 0 aliphatic rings. The Morgan fingerprint density at radius 1 is 1.20 bits per heavy atom. The van der Waals surface area contributed by atoms with E-state index in [4.69, 9.17) is 0 Å². The first-order valence-electron chi connectivity index (χ1n) is 4.09. The van der Waals surface area contributed by atoms with Gasteiger partial charge in [-0.15, -0.1) is 0 Å². The highest BCUT2D eigenvalue weighted by Gasteiger charge is 2.37. The summed E-state index contributed by atoms with van der Waals surface area (Å²) in [6.07, 6.45) is -2.50. The van der Waals surface area contributed by atoms with Crippen LogP contribution in [0.15, 0.2) is 36.5 Å². The number of hydrogen-bond donors (Lipinski definition) is 1. The van der Waals surface area contributed by atoms with Gasteiger partial charge in [0.2, 0.25) is 0 Å². The van der Waals surface area contributed by atoms with Gasteiger partial charge in [0, 0.05) is 6.20 Å². The molecule has 80 valence electrons. The third-order valence-electron chi connectivity index (χ3n) is 1.55. The van der Waals surface area contributed by atoms with Gasteiger partial charge < -0.3 is 5.32 Å². The predicted molar refractivity (Wildman–Crippen MR) is 49.7 cm³/mol. The van der Waals surface area contributed by atoms with Crippen LogP contribution in [-0.4, -0.2) is 12.1 Å². The minimum Gasteiger partial charge on any atom is -0.325 e. The van der Waals surface area contributed by atoms with Crippen molar-refractivity contribution in [3.05, 3.63) is 42.1 Å². The molecule has 0 atom stereocenters. The van der Waals surface area contributed by atoms with Crippen molar-refractivity contribution in [2.75, 3.05) is 0 Å². The Hall–Kier alpha value is -1.78. The Bertz CT molecular complexity index is 357. The van der Waals surface area contributed by atoms with Crippen molar-refractivity contribution in [2.24, 2.45) is 0 Å². The number of rotatable bonds is 2. The van der Waals surface area contributed by atoms with Gasteiger partial charge in [-0.25, -0.2) is 0 Å². The monoisotopic (exact) mass is 215 g/mol. The third-order valence-corrected chi connectivity index (χ3v) is 1.55. The summed E-state index contributed by atoms with van der Waals surface area (Å²) in [5.41, 5.74) is 0.708. The summed E-state index contributed by atoms with van der Waals surface area (Å²) in [4.78, 5) is 10.4. The Labute approximate surface area is 84.4 Å². The molecule has 0 bridgehead atoms. The molecule has 2 nitrogen and oxygen atoms in total. The Kier molecular flexibility index (Phi) is 3.49. The minimum atomic E-state index is -4.85. The molecule has 5 heteroatoms. The number of alkyl halides is 3. The standard InChI is InChI=1S/C10H8F3NO/c11-10(12,13)9(15)14-7-6-8-4-2-1-3-5-8/h1-7H,(H,14,15)/b7-6-. The van der Waals surface area contributed by atoms with Crippen molar-refractivity contribution < 1.29 is 18.0 Å². The Balaban J connectivity index is 2.51. The van der Waals surface area contributed by atoms with Crippen molar-refractivity contribution in [1.82, 2.24) is 5.32 Å². The first-order chi connectivity index (χ1) is 7.00. The van der Waals surface area contributed by atoms with Gasteiger partial charge in [0.25, 0.3) is 0 Å². The first-order valence-corrected chi connectivity index (χ1v) is 4.09. The maximum Gasteiger partial charge on any atom is 0.471 e. The highest BCUT2D eigenvalue weighted by Crippen LogP contribution is 2.14. The van der Waals surface area contributed by atoms with E-state index >= 15 is 0 Å². The Morgan fingerprint density at radius 2 is 1.80 bits per heavy atom. The smallest absolute Gasteiger partial charge is 0.325 e. The molecule has 0 aliphatic carbocycles. The predicted octanol–water partition coefficient (Wildman–Crippen LogP) is 2.34. The van der Waals surface area contributed by atoms with Gasteiger partial charge in [0.15, 0.2) is 0 Å². The highest BCUT2D eigenvalue weighted by atomic mass is 19.4. The summed E-state index contributed by atoms with van der Waals surface area (Å²) < 4.78 is 35.2. The molecule has 0 fully saturated rings. The fourth-order valence-electron chi connectivity index (χ4n) is 0.860. The van der Waals surface area contributed by atoms with Gasteiger partial charge in [-0.3, -0.25) is 4.79 Å². The summed E-state index contributed by atoms with van der Waals surface area (Å²) in [7, 11) is 0. The molecule has 1 N–H and O–H groups in total. The fourth-order valence-corrected chi connectivity index (χ4v) is 0.860. The molecule has 0 aromatic heterocycles. The molecular weight excluding hydrogens is 207 g/mol. The molecule has 15 heavy (non-hydrogen) atoms. The fraction of sp³-hybridized carbons (Fsp3) is 0.100. The SMILES string of the molecule is O=C(N/C=C\c1ccccc1)C(F)(F)F. The van der Waals surface area contributed by atoms with Crippen LogP contribution in [0.1, 0.15) is 5.56 Å². The molecule has 1 aromatic rings. The zero-order valence-corrected chi connectivity index (χ0v) is 7.58. The average molecular weight is 215 g/mol. The van der Waals surface area contributed by atoms with Crippen LogP contribution >= 0.6 is 0 Å². The lowest BCUT2D eigenvalue weighted by atomic mass is 10.2. The lowest BCUT2D eigenvalue weighted by Gasteiger charge is -2.02. The van der Waals surface area contributed by atoms with Crippen LogP contribution in [0.3, 0.4) is 0 Å². The van der Waals surface area contributed by atoms with Crippen LogP contribution in [0.2, 0.25) is 0 Å². The Morgan fingerprint density at radius 3 is 2.33 bits per heavy atom. The lowest BCUT2D eigenvalue weighted by molar-refractivity contribution is -0.172. The van der Waals surface area contributed by atoms with E-state index in [9.17, 15) is 18.0 Å². The third kappa shape index (κ3) is 3.84. The van der Waals surface area contributed by atoms with Crippen molar-refractivity contribution in [3.8, 4) is 0 Å². The lowest BCUT2D eigenvalue weighted by Crippen LogP contribution is -2.33. The number of amides is 1. The molecule has 1 amide bonds. The van der Waals surface area contributed by atoms with E-state index in [0.29, 0.717) is 5.56 Å². The van der Waals surface area contributed by atoms with E-state index in [1.807, 2.05) is 0 Å². The molecule has 0 spiro atoms. The van der Waals surface area contributed by atoms with Gasteiger partial charge in [0.1, 0.15) is 0 Å². The zero-order chi connectivity index (χ0) is 11.3. The molecule has 0 radical (unpaired) electrons. The summed E-state index contributed by atoms with van der Waals surface area (Å²) in [5, 5.41) is 1.63. The summed E-state index contributed by atoms with van der Waals surface area (Å²) >= 11 is 0. The van der Waals surface area contributed by atoms with Crippen LogP contribution in [0, 0.1) is 0 Å². The molecule has 1 rings (SSSR count). The largest absolute Gasteiger partial charge is 0.471 e. The van der Waals surface area contributed by atoms with Gasteiger partial charge in [-0.2, -0.15) is 13.2 Å². The summed E-state index contributed by atoms with van der Waals surface area (Å²) in [6.45, 7) is 0. The minimum absolute atomic E-state index is 0.708. The first kappa shape index (κ1) is 11.3. The number of benzene rings is 1. The van der Waals surface area contributed by atoms with Crippen LogP contribution < -0.4 is 5.32 Å². The van der Waals surface area contributed by atoms with E-state index in [1.165, 1.54) is 6.08 Å². The van der Waals surface area contributed by atoms with E-state index in [-0.39, 0.29) is 0 Å². The molecule has 0 unspecified atom stereocenters. The quantitative estimate of drug-likeness (QED) is 0.806. The molecule has 0 aliphatic heterocycles. The topological polar surface area (TPSA) is 29.1 Å². The highest BCUT2D eigenvalue weighted by molar-refractivity contribution is 5.83. The second-order valence-electron chi connectivity index (χ2n) is 2.72. The number of halogens is 3. The van der Waals surface area contributed by atoms with Crippen molar-refractivity contribution in [2.45, 2.75) is 6.18 Å². The maximum atomic E-state index is 11.7. The van der Waals surface area contributed by atoms with E-state index in [1.54, 1.807) is 35.6 Å². The normalized spacial score (nSPS) is 11.7. The van der Waals surface area contributed by atoms with Crippen molar-refractivity contribution in [3.63, 3.8) is 0 Å². The molecule has 0 heterocycles. The summed E-state index contributed by atoms with van der Waals surface area (Å²) in [5.74, 6) is -1.98. The number of carbonyl (C=O) groups excluding carboxylic acids is 1. The second kappa shape index (κ2) is 4.63. The average Bonchev–Trinajstić information content (AvgIpc) is 2.18. The molecule has 1 aromatic carbocycles. The molecular formula is C10H8F3NO. The van der Waals surface area contributed by atoms with E-state index in [2.05, 4.69) is 0 Å². The zero-order valence-electron chi connectivity index (χ0n) is 7.58. The van der Waals surface area contributed by atoms with Crippen LogP contribution in [-0.2, 0) is 4.79 Å². The van der Waals surface area contributed by atoms with Gasteiger partial charge >= 0.3 is 12.1 Å². The number of carbonyl (C=O) groups is 1. The van der Waals surface area contributed by atoms with E-state index in [0.717, 1.165) is 6.20 Å². The van der Waals surface area contributed by atoms with Crippen molar-refractivity contribution in [1.29, 1.82) is 0 Å². The van der Waals surface area contributed by atoms with Crippen molar-refractivity contribution >= 4 is 12.0 Å². The van der Waals surface area contributed by atoms with E-state index < -0.39 is 12.1 Å². The van der Waals surface area contributed by atoms with Gasteiger partial charge in [-0.1, -0.05) is 30.3 Å². The number of nitrogens with one attached hydrogen (secondary N) is 1.